The van der Waals surface area contributed by atoms with Crippen molar-refractivity contribution in [1.82, 2.24) is 0 Å². The Labute approximate surface area is 112 Å². The van der Waals surface area contributed by atoms with Crippen LogP contribution in [0.2, 0.25) is 5.02 Å². The summed E-state index contributed by atoms with van der Waals surface area (Å²) >= 11 is 6.11. The smallest absolute Gasteiger partial charge is 0.122 e. The Morgan fingerprint density at radius 3 is 2.56 bits per heavy atom. The molecule has 0 spiro atoms. The van der Waals surface area contributed by atoms with Crippen LogP contribution in [0, 0.1) is 13.8 Å². The molecule has 2 N–H and O–H groups in total. The van der Waals surface area contributed by atoms with Gasteiger partial charge in [-0.15, -0.1) is 0 Å². The molecule has 0 aromatic heterocycles. The van der Waals surface area contributed by atoms with Gasteiger partial charge in [0.15, 0.2) is 0 Å². The van der Waals surface area contributed by atoms with Crippen molar-refractivity contribution in [3.05, 3.63) is 58.1 Å². The number of aryl methyl sites for hydroxylation is 1. The zero-order valence-electron chi connectivity index (χ0n) is 10.5. The fourth-order valence-electron chi connectivity index (χ4n) is 1.76. The third kappa shape index (κ3) is 2.59. The van der Waals surface area contributed by atoms with E-state index in [1.165, 1.54) is 5.56 Å². The van der Waals surface area contributed by atoms with E-state index < -0.39 is 0 Å². The first-order valence-corrected chi connectivity index (χ1v) is 6.19. The summed E-state index contributed by atoms with van der Waals surface area (Å²) in [6, 6.07) is 11.5. The van der Waals surface area contributed by atoms with E-state index in [0.29, 0.717) is 17.3 Å². The summed E-state index contributed by atoms with van der Waals surface area (Å²) in [7, 11) is 0. The van der Waals surface area contributed by atoms with Crippen LogP contribution in [0.1, 0.15) is 16.7 Å². The Morgan fingerprint density at radius 2 is 1.83 bits per heavy atom. The average molecular weight is 262 g/mol. The van der Waals surface area contributed by atoms with Gasteiger partial charge in [-0.25, -0.2) is 0 Å². The van der Waals surface area contributed by atoms with Crippen molar-refractivity contribution in [2.24, 2.45) is 0 Å². The Kier molecular flexibility index (Phi) is 3.78. The topological polar surface area (TPSA) is 35.2 Å². The minimum Gasteiger partial charge on any atom is -0.488 e. The molecule has 0 amide bonds. The predicted octanol–water partition coefficient (Wildman–Crippen LogP) is 4.12. The van der Waals surface area contributed by atoms with Crippen LogP contribution in [0.4, 0.5) is 5.69 Å². The van der Waals surface area contributed by atoms with Gasteiger partial charge in [0.25, 0.3) is 0 Å². The average Bonchev–Trinajstić information content (AvgIpc) is 2.33. The molecule has 0 atom stereocenters. The van der Waals surface area contributed by atoms with Gasteiger partial charge < -0.3 is 10.5 Å². The third-order valence-electron chi connectivity index (χ3n) is 3.08. The number of hydrogen-bond acceptors (Lipinski definition) is 2. The molecule has 0 heterocycles. The molecule has 3 heteroatoms. The van der Waals surface area contributed by atoms with Crippen LogP contribution in [-0.2, 0) is 6.61 Å². The Hall–Kier alpha value is -1.67. The largest absolute Gasteiger partial charge is 0.488 e. The number of nitrogens with two attached hydrogens (primary N) is 1. The maximum absolute atomic E-state index is 6.11. The summed E-state index contributed by atoms with van der Waals surface area (Å²) in [6.45, 7) is 4.49. The van der Waals surface area contributed by atoms with Crippen LogP contribution in [0.5, 0.6) is 5.75 Å². The number of anilines is 1. The molecule has 0 saturated carbocycles. The number of benzene rings is 2. The normalized spacial score (nSPS) is 10.4. The molecule has 0 saturated heterocycles. The zero-order valence-corrected chi connectivity index (χ0v) is 11.3. The van der Waals surface area contributed by atoms with Gasteiger partial charge in [-0.2, -0.15) is 0 Å². The highest BCUT2D eigenvalue weighted by Crippen LogP contribution is 2.26. The second-order valence-electron chi connectivity index (χ2n) is 4.29. The van der Waals surface area contributed by atoms with Crippen LogP contribution >= 0.6 is 11.6 Å². The molecule has 0 bridgehead atoms. The number of rotatable bonds is 3. The molecule has 2 nitrogen and oxygen atoms in total. The van der Waals surface area contributed by atoms with Crippen LogP contribution in [0.3, 0.4) is 0 Å². The predicted molar refractivity (Wildman–Crippen MR) is 76.1 cm³/mol. The third-order valence-corrected chi connectivity index (χ3v) is 3.44. The van der Waals surface area contributed by atoms with Gasteiger partial charge in [0.1, 0.15) is 12.4 Å². The summed E-state index contributed by atoms with van der Waals surface area (Å²) < 4.78 is 5.80. The molecule has 2 rings (SSSR count). The monoisotopic (exact) mass is 261 g/mol. The second kappa shape index (κ2) is 5.32. The van der Waals surface area contributed by atoms with Gasteiger partial charge in [0.2, 0.25) is 0 Å². The molecule has 0 unspecified atom stereocenters. The van der Waals surface area contributed by atoms with Gasteiger partial charge in [-0.1, -0.05) is 29.8 Å². The SMILES string of the molecule is Cc1cccc(OCc2c(N)cccc2Cl)c1C. The van der Waals surface area contributed by atoms with E-state index in [9.17, 15) is 0 Å². The molecule has 18 heavy (non-hydrogen) atoms. The molecule has 2 aromatic carbocycles. The number of ether oxygens (including phenoxy) is 1. The van der Waals surface area contributed by atoms with Crippen LogP contribution < -0.4 is 10.5 Å². The lowest BCUT2D eigenvalue weighted by Gasteiger charge is -2.13. The summed E-state index contributed by atoms with van der Waals surface area (Å²) in [5.41, 5.74) is 9.73. The molecule has 0 aliphatic heterocycles. The summed E-state index contributed by atoms with van der Waals surface area (Å²) in [4.78, 5) is 0. The summed E-state index contributed by atoms with van der Waals surface area (Å²) in [5, 5.41) is 0.639. The van der Waals surface area contributed by atoms with Crippen LogP contribution in [0.15, 0.2) is 36.4 Å². The molecule has 2 aromatic rings. The molecular formula is C15H16ClNO. The maximum atomic E-state index is 6.11. The Bertz CT molecular complexity index is 546. The number of nitrogen functional groups attached to an aromatic ring is 1. The highest BCUT2D eigenvalue weighted by molar-refractivity contribution is 6.31. The quantitative estimate of drug-likeness (QED) is 0.844. The van der Waals surface area contributed by atoms with Crippen molar-refractivity contribution in [2.75, 3.05) is 5.73 Å². The van der Waals surface area contributed by atoms with Crippen molar-refractivity contribution in [3.8, 4) is 5.75 Å². The second-order valence-corrected chi connectivity index (χ2v) is 4.70. The molecular weight excluding hydrogens is 246 g/mol. The molecule has 94 valence electrons. The molecule has 0 aliphatic rings. The van der Waals surface area contributed by atoms with Crippen molar-refractivity contribution < 1.29 is 4.74 Å². The van der Waals surface area contributed by atoms with E-state index in [2.05, 4.69) is 13.0 Å². The highest BCUT2D eigenvalue weighted by atomic mass is 35.5. The van der Waals surface area contributed by atoms with E-state index in [0.717, 1.165) is 16.9 Å². The molecule has 0 radical (unpaired) electrons. The van der Waals surface area contributed by atoms with Gasteiger partial charge in [0.05, 0.1) is 0 Å². The zero-order chi connectivity index (χ0) is 13.1. The summed E-state index contributed by atoms with van der Waals surface area (Å²) in [5.74, 6) is 0.870. The first-order valence-electron chi connectivity index (χ1n) is 5.81. The Morgan fingerprint density at radius 1 is 1.11 bits per heavy atom. The lowest BCUT2D eigenvalue weighted by Crippen LogP contribution is -2.02. The lowest BCUT2D eigenvalue weighted by atomic mass is 10.1. The van der Waals surface area contributed by atoms with Crippen LogP contribution in [-0.4, -0.2) is 0 Å². The maximum Gasteiger partial charge on any atom is 0.122 e. The first-order chi connectivity index (χ1) is 8.59. The van der Waals surface area contributed by atoms with E-state index in [1.807, 2.05) is 37.3 Å². The first kappa shape index (κ1) is 12.8. The highest BCUT2D eigenvalue weighted by Gasteiger charge is 2.07. The minimum absolute atomic E-state index is 0.385. The van der Waals surface area contributed by atoms with Crippen molar-refractivity contribution in [2.45, 2.75) is 20.5 Å². The van der Waals surface area contributed by atoms with Gasteiger partial charge in [0, 0.05) is 16.3 Å². The van der Waals surface area contributed by atoms with Gasteiger partial charge >= 0.3 is 0 Å². The standard InChI is InChI=1S/C15H16ClNO/c1-10-5-3-8-15(11(10)2)18-9-12-13(16)6-4-7-14(12)17/h3-8H,9,17H2,1-2H3. The van der Waals surface area contributed by atoms with Gasteiger partial charge in [-0.05, 0) is 43.2 Å². The van der Waals surface area contributed by atoms with Crippen molar-refractivity contribution in [1.29, 1.82) is 0 Å². The molecule has 0 fully saturated rings. The Balaban J connectivity index is 2.19. The lowest BCUT2D eigenvalue weighted by molar-refractivity contribution is 0.304. The van der Waals surface area contributed by atoms with Crippen LogP contribution in [0.25, 0.3) is 0 Å². The number of halogens is 1. The fraction of sp³-hybridized carbons (Fsp3) is 0.200. The van der Waals surface area contributed by atoms with Crippen molar-refractivity contribution in [3.63, 3.8) is 0 Å². The fourth-order valence-corrected chi connectivity index (χ4v) is 1.99. The van der Waals surface area contributed by atoms with E-state index >= 15 is 0 Å². The van der Waals surface area contributed by atoms with Crippen molar-refractivity contribution >= 4 is 17.3 Å². The number of hydrogen-bond donors (Lipinski definition) is 1. The van der Waals surface area contributed by atoms with Gasteiger partial charge in [-0.3, -0.25) is 0 Å². The van der Waals surface area contributed by atoms with E-state index in [1.54, 1.807) is 0 Å². The van der Waals surface area contributed by atoms with E-state index in [-0.39, 0.29) is 0 Å². The molecule has 0 aliphatic carbocycles. The van der Waals surface area contributed by atoms with E-state index in [4.69, 9.17) is 22.1 Å². The summed E-state index contributed by atoms with van der Waals surface area (Å²) in [6.07, 6.45) is 0. The minimum atomic E-state index is 0.385.